The number of rotatable bonds is 2. The number of esters is 1. The second-order valence-corrected chi connectivity index (χ2v) is 1.87. The summed E-state index contributed by atoms with van der Waals surface area (Å²) in [6.07, 6.45) is 0.535. The van der Waals surface area contributed by atoms with E-state index >= 15 is 0 Å². The zero-order chi connectivity index (χ0) is 8.27. The Bertz CT molecular complexity index is 274. The Labute approximate surface area is 62.8 Å². The van der Waals surface area contributed by atoms with E-state index in [4.69, 9.17) is 4.42 Å². The predicted octanol–water partition coefficient (Wildman–Crippen LogP) is 1.02. The molecular formula is C7H6O4. The van der Waals surface area contributed by atoms with Gasteiger partial charge in [0, 0.05) is 13.0 Å². The van der Waals surface area contributed by atoms with Crippen LogP contribution in [0.1, 0.15) is 17.5 Å². The van der Waals surface area contributed by atoms with Crippen molar-refractivity contribution in [3.63, 3.8) is 0 Å². The first-order chi connectivity index (χ1) is 5.22. The number of hydrogen-bond donors (Lipinski definition) is 0. The van der Waals surface area contributed by atoms with Crippen LogP contribution in [-0.4, -0.2) is 12.3 Å². The van der Waals surface area contributed by atoms with E-state index in [1.165, 1.54) is 19.1 Å². The van der Waals surface area contributed by atoms with Crippen molar-refractivity contribution < 1.29 is 18.7 Å². The van der Waals surface area contributed by atoms with Crippen molar-refractivity contribution in [3.05, 3.63) is 17.9 Å². The molecule has 0 radical (unpaired) electrons. The lowest BCUT2D eigenvalue weighted by Crippen LogP contribution is -1.99. The lowest BCUT2D eigenvalue weighted by atomic mass is 10.5. The zero-order valence-electron chi connectivity index (χ0n) is 5.87. The normalized spacial score (nSPS) is 9.18. The molecule has 4 nitrogen and oxygen atoms in total. The Morgan fingerprint density at radius 2 is 2.36 bits per heavy atom. The molecule has 0 spiro atoms. The van der Waals surface area contributed by atoms with Crippen LogP contribution in [0.4, 0.5) is 0 Å². The molecule has 0 aliphatic carbocycles. The van der Waals surface area contributed by atoms with Crippen molar-refractivity contribution in [1.29, 1.82) is 0 Å². The number of ether oxygens (including phenoxy) is 1. The molecule has 58 valence electrons. The van der Waals surface area contributed by atoms with Crippen LogP contribution < -0.4 is 4.74 Å². The van der Waals surface area contributed by atoms with Crippen LogP contribution in [0.5, 0.6) is 5.95 Å². The number of hydrogen-bond acceptors (Lipinski definition) is 4. The standard InChI is InChI=1S/C7H6O4/c1-5(9)10-7-3-2-6(4-8)11-7/h2-4H,1H3. The summed E-state index contributed by atoms with van der Waals surface area (Å²) in [4.78, 5) is 20.4. The van der Waals surface area contributed by atoms with Crippen LogP contribution in [0.3, 0.4) is 0 Å². The van der Waals surface area contributed by atoms with Crippen molar-refractivity contribution in [2.24, 2.45) is 0 Å². The molecule has 0 aliphatic rings. The summed E-state index contributed by atoms with van der Waals surface area (Å²) < 4.78 is 9.26. The highest BCUT2D eigenvalue weighted by Gasteiger charge is 2.02. The molecule has 0 aliphatic heterocycles. The summed E-state index contributed by atoms with van der Waals surface area (Å²) in [6.45, 7) is 1.25. The van der Waals surface area contributed by atoms with Crippen LogP contribution in [0.15, 0.2) is 16.5 Å². The molecule has 1 heterocycles. The Morgan fingerprint density at radius 3 is 2.82 bits per heavy atom. The first-order valence-corrected chi connectivity index (χ1v) is 2.96. The van der Waals surface area contributed by atoms with Crippen molar-refractivity contribution in [3.8, 4) is 5.95 Å². The fourth-order valence-electron chi connectivity index (χ4n) is 0.594. The minimum absolute atomic E-state index is 0.0413. The third-order valence-electron chi connectivity index (χ3n) is 0.963. The first-order valence-electron chi connectivity index (χ1n) is 2.96. The van der Waals surface area contributed by atoms with Crippen LogP contribution in [0.2, 0.25) is 0 Å². The maximum Gasteiger partial charge on any atom is 0.310 e. The van der Waals surface area contributed by atoms with Gasteiger partial charge < -0.3 is 9.15 Å². The summed E-state index contributed by atoms with van der Waals surface area (Å²) in [5.41, 5.74) is 0. The molecule has 0 saturated carbocycles. The van der Waals surface area contributed by atoms with Gasteiger partial charge in [-0.05, 0) is 6.07 Å². The van der Waals surface area contributed by atoms with E-state index < -0.39 is 5.97 Å². The number of aldehydes is 1. The summed E-state index contributed by atoms with van der Waals surface area (Å²) in [5.74, 6) is -0.294. The Balaban J connectivity index is 2.72. The Kier molecular flexibility index (Phi) is 2.06. The highest BCUT2D eigenvalue weighted by Crippen LogP contribution is 2.13. The van der Waals surface area contributed by atoms with Gasteiger partial charge in [0.1, 0.15) is 0 Å². The third kappa shape index (κ3) is 1.93. The molecule has 0 fully saturated rings. The summed E-state index contributed by atoms with van der Waals surface area (Å²) in [6, 6.07) is 2.83. The number of carbonyl (C=O) groups is 2. The second-order valence-electron chi connectivity index (χ2n) is 1.87. The van der Waals surface area contributed by atoms with Gasteiger partial charge >= 0.3 is 5.97 Å². The highest BCUT2D eigenvalue weighted by molar-refractivity contribution is 5.72. The van der Waals surface area contributed by atoms with Crippen molar-refractivity contribution >= 4 is 12.3 Å². The molecule has 0 bridgehead atoms. The van der Waals surface area contributed by atoms with Gasteiger partial charge in [-0.25, -0.2) is 0 Å². The summed E-state index contributed by atoms with van der Waals surface area (Å²) >= 11 is 0. The van der Waals surface area contributed by atoms with Gasteiger partial charge in [-0.1, -0.05) is 0 Å². The highest BCUT2D eigenvalue weighted by atomic mass is 16.6. The molecule has 1 aromatic heterocycles. The summed E-state index contributed by atoms with van der Waals surface area (Å²) in [5, 5.41) is 0. The van der Waals surface area contributed by atoms with Gasteiger partial charge in [0.2, 0.25) is 0 Å². The zero-order valence-corrected chi connectivity index (χ0v) is 5.87. The molecule has 0 amide bonds. The van der Waals surface area contributed by atoms with Crippen molar-refractivity contribution in [2.75, 3.05) is 0 Å². The number of carbonyl (C=O) groups excluding carboxylic acids is 2. The molecule has 0 aromatic carbocycles. The SMILES string of the molecule is CC(=O)Oc1ccc(C=O)o1. The van der Waals surface area contributed by atoms with Crippen molar-refractivity contribution in [2.45, 2.75) is 6.92 Å². The average molecular weight is 154 g/mol. The third-order valence-corrected chi connectivity index (χ3v) is 0.963. The lowest BCUT2D eigenvalue weighted by molar-refractivity contribution is -0.133. The van der Waals surface area contributed by atoms with Gasteiger partial charge in [0.05, 0.1) is 0 Å². The monoisotopic (exact) mass is 154 g/mol. The summed E-state index contributed by atoms with van der Waals surface area (Å²) in [7, 11) is 0. The molecule has 0 unspecified atom stereocenters. The molecular weight excluding hydrogens is 148 g/mol. The van der Waals surface area contributed by atoms with E-state index in [-0.39, 0.29) is 11.7 Å². The van der Waals surface area contributed by atoms with E-state index in [1.807, 2.05) is 0 Å². The Morgan fingerprint density at radius 1 is 1.64 bits per heavy atom. The maximum atomic E-state index is 10.3. The molecule has 1 aromatic rings. The van der Waals surface area contributed by atoms with Gasteiger partial charge in [-0.2, -0.15) is 0 Å². The first kappa shape index (κ1) is 7.53. The minimum atomic E-state index is -0.475. The van der Waals surface area contributed by atoms with E-state index in [2.05, 4.69) is 4.74 Å². The van der Waals surface area contributed by atoms with E-state index in [9.17, 15) is 9.59 Å². The van der Waals surface area contributed by atoms with Crippen LogP contribution in [0, 0.1) is 0 Å². The molecule has 0 saturated heterocycles. The molecule has 1 rings (SSSR count). The fraction of sp³-hybridized carbons (Fsp3) is 0.143. The van der Waals surface area contributed by atoms with Crippen LogP contribution >= 0.6 is 0 Å². The molecule has 0 atom stereocenters. The van der Waals surface area contributed by atoms with Crippen LogP contribution in [0.25, 0.3) is 0 Å². The fourth-order valence-corrected chi connectivity index (χ4v) is 0.594. The minimum Gasteiger partial charge on any atom is -0.422 e. The van der Waals surface area contributed by atoms with Gasteiger partial charge in [-0.15, -0.1) is 0 Å². The quantitative estimate of drug-likeness (QED) is 0.471. The molecule has 4 heteroatoms. The smallest absolute Gasteiger partial charge is 0.310 e. The molecule has 0 N–H and O–H groups in total. The Hall–Kier alpha value is -1.58. The predicted molar refractivity (Wildman–Crippen MR) is 35.4 cm³/mol. The second kappa shape index (κ2) is 3.01. The van der Waals surface area contributed by atoms with E-state index in [0.29, 0.717) is 6.29 Å². The van der Waals surface area contributed by atoms with Crippen molar-refractivity contribution in [1.82, 2.24) is 0 Å². The largest absolute Gasteiger partial charge is 0.422 e. The van der Waals surface area contributed by atoms with Gasteiger partial charge in [0.15, 0.2) is 12.0 Å². The van der Waals surface area contributed by atoms with Gasteiger partial charge in [-0.3, -0.25) is 9.59 Å². The van der Waals surface area contributed by atoms with Gasteiger partial charge in [0.25, 0.3) is 5.95 Å². The lowest BCUT2D eigenvalue weighted by Gasteiger charge is -1.91. The average Bonchev–Trinajstić information content (AvgIpc) is 2.34. The van der Waals surface area contributed by atoms with E-state index in [1.54, 1.807) is 0 Å². The van der Waals surface area contributed by atoms with Crippen LogP contribution in [-0.2, 0) is 4.79 Å². The topological polar surface area (TPSA) is 56.5 Å². The van der Waals surface area contributed by atoms with E-state index in [0.717, 1.165) is 0 Å². The number of furan rings is 1. The molecule has 11 heavy (non-hydrogen) atoms. The maximum absolute atomic E-state index is 10.3.